The van der Waals surface area contributed by atoms with Crippen LogP contribution in [0.15, 0.2) is 67.3 Å². The fourth-order valence-electron chi connectivity index (χ4n) is 3.68. The van der Waals surface area contributed by atoms with E-state index in [0.29, 0.717) is 0 Å². The zero-order valence-corrected chi connectivity index (χ0v) is 16.2. The van der Waals surface area contributed by atoms with Crippen LogP contribution in [0.25, 0.3) is 16.9 Å². The van der Waals surface area contributed by atoms with Gasteiger partial charge in [0.25, 0.3) is 0 Å². The summed E-state index contributed by atoms with van der Waals surface area (Å²) in [4.78, 5) is 13.0. The third-order valence-electron chi connectivity index (χ3n) is 4.99. The standard InChI is InChI=1S/C14H14N4.C9H11N/c1-15-10-12-14(11-5-7-16-8-6-11)18-9-3-2-4-13(18)17-12;1-2-6-9-8(4-1)5-3-7-10-9/h2-9,15H,10H2,1H3;3,5,7H,1-2,4,6H2. The van der Waals surface area contributed by atoms with E-state index >= 15 is 0 Å². The van der Waals surface area contributed by atoms with E-state index in [1.165, 1.54) is 36.9 Å². The van der Waals surface area contributed by atoms with E-state index in [9.17, 15) is 0 Å². The first-order valence-corrected chi connectivity index (χ1v) is 9.80. The molecule has 0 saturated carbocycles. The summed E-state index contributed by atoms with van der Waals surface area (Å²) in [6.45, 7) is 0.749. The van der Waals surface area contributed by atoms with Crippen molar-refractivity contribution in [1.82, 2.24) is 24.7 Å². The molecule has 0 amide bonds. The smallest absolute Gasteiger partial charge is 0.137 e. The molecular weight excluding hydrogens is 346 g/mol. The van der Waals surface area contributed by atoms with Crippen LogP contribution < -0.4 is 5.32 Å². The Hall–Kier alpha value is -3.05. The fraction of sp³-hybridized carbons (Fsp3) is 0.261. The van der Waals surface area contributed by atoms with Gasteiger partial charge in [0.1, 0.15) is 5.65 Å². The summed E-state index contributed by atoms with van der Waals surface area (Å²) in [5, 5.41) is 3.16. The third kappa shape index (κ3) is 3.94. The molecule has 1 aliphatic rings. The maximum atomic E-state index is 4.66. The normalized spacial score (nSPS) is 12.9. The first-order valence-electron chi connectivity index (χ1n) is 9.80. The lowest BCUT2D eigenvalue weighted by atomic mass is 9.96. The van der Waals surface area contributed by atoms with E-state index < -0.39 is 0 Å². The number of imidazole rings is 1. The van der Waals surface area contributed by atoms with Gasteiger partial charge in [0.05, 0.1) is 11.4 Å². The minimum atomic E-state index is 0.749. The fourth-order valence-corrected chi connectivity index (χ4v) is 3.68. The summed E-state index contributed by atoms with van der Waals surface area (Å²) in [7, 11) is 1.93. The molecule has 0 radical (unpaired) electrons. The Kier molecular flexibility index (Phi) is 5.73. The third-order valence-corrected chi connectivity index (χ3v) is 4.99. The van der Waals surface area contributed by atoms with Crippen molar-refractivity contribution in [2.45, 2.75) is 32.2 Å². The molecule has 1 aliphatic carbocycles. The SMILES string of the molecule is CNCc1nc2ccccn2c1-c1ccncc1.c1cnc2c(c1)CCCC2. The lowest BCUT2D eigenvalue weighted by molar-refractivity contribution is 0.668. The van der Waals surface area contributed by atoms with Crippen molar-refractivity contribution < 1.29 is 0 Å². The van der Waals surface area contributed by atoms with Crippen LogP contribution in [0.3, 0.4) is 0 Å². The van der Waals surface area contributed by atoms with Gasteiger partial charge in [-0.15, -0.1) is 0 Å². The number of hydrogen-bond donors (Lipinski definition) is 1. The highest BCUT2D eigenvalue weighted by Gasteiger charge is 2.12. The van der Waals surface area contributed by atoms with E-state index in [2.05, 4.69) is 30.7 Å². The quantitative estimate of drug-likeness (QED) is 0.590. The van der Waals surface area contributed by atoms with Crippen LogP contribution in [0.1, 0.15) is 29.8 Å². The molecule has 0 bridgehead atoms. The molecule has 0 atom stereocenters. The number of aromatic nitrogens is 4. The van der Waals surface area contributed by atoms with E-state index in [1.54, 1.807) is 12.4 Å². The van der Waals surface area contributed by atoms with Gasteiger partial charge < -0.3 is 5.32 Å². The van der Waals surface area contributed by atoms with E-state index in [4.69, 9.17) is 0 Å². The second-order valence-corrected chi connectivity index (χ2v) is 6.92. The molecule has 5 heteroatoms. The second kappa shape index (κ2) is 8.76. The van der Waals surface area contributed by atoms with Crippen LogP contribution >= 0.6 is 0 Å². The van der Waals surface area contributed by atoms with E-state index in [1.807, 2.05) is 55.8 Å². The highest BCUT2D eigenvalue weighted by atomic mass is 15.0. The van der Waals surface area contributed by atoms with E-state index in [0.717, 1.165) is 29.1 Å². The maximum Gasteiger partial charge on any atom is 0.137 e. The molecule has 28 heavy (non-hydrogen) atoms. The van der Waals surface area contributed by atoms with Crippen molar-refractivity contribution >= 4 is 5.65 Å². The van der Waals surface area contributed by atoms with Crippen LogP contribution in [0.2, 0.25) is 0 Å². The molecule has 4 aromatic rings. The van der Waals surface area contributed by atoms with Gasteiger partial charge in [-0.05, 0) is 68.6 Å². The van der Waals surface area contributed by atoms with Crippen LogP contribution in [0.5, 0.6) is 0 Å². The Morgan fingerprint density at radius 3 is 2.64 bits per heavy atom. The second-order valence-electron chi connectivity index (χ2n) is 6.92. The Labute approximate surface area is 165 Å². The number of nitrogens with one attached hydrogen (secondary N) is 1. The molecule has 4 aromatic heterocycles. The summed E-state index contributed by atoms with van der Waals surface area (Å²) in [6.07, 6.45) is 12.6. The van der Waals surface area contributed by atoms with Crippen molar-refractivity contribution in [3.8, 4) is 11.3 Å². The first-order chi connectivity index (χ1) is 13.9. The van der Waals surface area contributed by atoms with Crippen molar-refractivity contribution in [3.63, 3.8) is 0 Å². The lowest BCUT2D eigenvalue weighted by Crippen LogP contribution is -2.06. The molecule has 0 spiro atoms. The molecular formula is C23H25N5. The van der Waals surface area contributed by atoms with Crippen LogP contribution in [0.4, 0.5) is 0 Å². The summed E-state index contributed by atoms with van der Waals surface area (Å²) >= 11 is 0. The number of aryl methyl sites for hydroxylation is 2. The maximum absolute atomic E-state index is 4.66. The zero-order chi connectivity index (χ0) is 19.2. The van der Waals surface area contributed by atoms with Gasteiger partial charge >= 0.3 is 0 Å². The Morgan fingerprint density at radius 1 is 0.964 bits per heavy atom. The predicted molar refractivity (Wildman–Crippen MR) is 112 cm³/mol. The molecule has 0 fully saturated rings. The molecule has 5 nitrogen and oxygen atoms in total. The van der Waals surface area contributed by atoms with Crippen LogP contribution in [-0.2, 0) is 19.4 Å². The number of hydrogen-bond acceptors (Lipinski definition) is 4. The number of rotatable bonds is 3. The molecule has 0 aliphatic heterocycles. The molecule has 0 saturated heterocycles. The molecule has 0 unspecified atom stereocenters. The van der Waals surface area contributed by atoms with Crippen molar-refractivity contribution in [2.75, 3.05) is 7.05 Å². The Morgan fingerprint density at radius 2 is 1.82 bits per heavy atom. The zero-order valence-electron chi connectivity index (χ0n) is 16.2. The van der Waals surface area contributed by atoms with E-state index in [-0.39, 0.29) is 0 Å². The molecule has 0 aromatic carbocycles. The summed E-state index contributed by atoms with van der Waals surface area (Å²) in [5.74, 6) is 0. The van der Waals surface area contributed by atoms with Gasteiger partial charge in [-0.1, -0.05) is 12.1 Å². The van der Waals surface area contributed by atoms with Crippen LogP contribution in [0, 0.1) is 0 Å². The van der Waals surface area contributed by atoms with Gasteiger partial charge in [0.2, 0.25) is 0 Å². The summed E-state index contributed by atoms with van der Waals surface area (Å²) < 4.78 is 2.11. The van der Waals surface area contributed by atoms with Gasteiger partial charge in [0.15, 0.2) is 0 Å². The molecule has 142 valence electrons. The largest absolute Gasteiger partial charge is 0.314 e. The average molecular weight is 371 g/mol. The predicted octanol–water partition coefficient (Wildman–Crippen LogP) is 4.08. The average Bonchev–Trinajstić information content (AvgIpc) is 3.13. The number of pyridine rings is 3. The lowest BCUT2D eigenvalue weighted by Gasteiger charge is -2.12. The summed E-state index contributed by atoms with van der Waals surface area (Å²) in [6, 6.07) is 14.3. The molecule has 4 heterocycles. The van der Waals surface area contributed by atoms with Crippen molar-refractivity contribution in [3.05, 3.63) is 84.2 Å². The highest BCUT2D eigenvalue weighted by Crippen LogP contribution is 2.24. The molecule has 1 N–H and O–H groups in total. The van der Waals surface area contributed by atoms with Gasteiger partial charge in [-0.3, -0.25) is 14.4 Å². The molecule has 5 rings (SSSR count). The van der Waals surface area contributed by atoms with Crippen molar-refractivity contribution in [1.29, 1.82) is 0 Å². The number of nitrogens with zero attached hydrogens (tertiary/aromatic N) is 4. The van der Waals surface area contributed by atoms with Crippen LogP contribution in [-0.4, -0.2) is 26.4 Å². The Bertz CT molecular complexity index is 1010. The van der Waals surface area contributed by atoms with Gasteiger partial charge in [0, 0.05) is 42.6 Å². The Balaban J connectivity index is 0.000000162. The minimum Gasteiger partial charge on any atom is -0.314 e. The van der Waals surface area contributed by atoms with Gasteiger partial charge in [-0.25, -0.2) is 4.98 Å². The minimum absolute atomic E-state index is 0.749. The monoisotopic (exact) mass is 371 g/mol. The number of fused-ring (bicyclic) bond motifs is 2. The topological polar surface area (TPSA) is 55.1 Å². The van der Waals surface area contributed by atoms with Gasteiger partial charge in [-0.2, -0.15) is 0 Å². The highest BCUT2D eigenvalue weighted by molar-refractivity contribution is 5.66. The summed E-state index contributed by atoms with van der Waals surface area (Å²) in [5.41, 5.74) is 7.07. The van der Waals surface area contributed by atoms with Crippen molar-refractivity contribution in [2.24, 2.45) is 0 Å². The first kappa shape index (κ1) is 18.3.